The van der Waals surface area contributed by atoms with Gasteiger partial charge >= 0.3 is 6.09 Å². The van der Waals surface area contributed by atoms with Crippen molar-refractivity contribution in [2.24, 2.45) is 0 Å². The third kappa shape index (κ3) is 5.66. The Labute approximate surface area is 149 Å². The fourth-order valence-corrected chi connectivity index (χ4v) is 3.08. The van der Waals surface area contributed by atoms with Gasteiger partial charge in [0.05, 0.1) is 13.7 Å². The summed E-state index contributed by atoms with van der Waals surface area (Å²) in [6.07, 6.45) is 2.31. The Morgan fingerprint density at radius 3 is 2.44 bits per heavy atom. The molecule has 0 aromatic heterocycles. The summed E-state index contributed by atoms with van der Waals surface area (Å²) < 4.78 is 10.4. The standard InChI is InChI=1S/C19H28N2O4/c1-14-6-4-7-15(2)18(14)25-13-5-8-17(22)21-11-9-16(10-12-21)20-19(23)24-3/h4,6-7,16H,5,8-13H2,1-3H3,(H,20,23). The summed E-state index contributed by atoms with van der Waals surface area (Å²) in [5, 5.41) is 2.79. The second kappa shape index (κ2) is 9.30. The zero-order valence-corrected chi connectivity index (χ0v) is 15.3. The van der Waals surface area contributed by atoms with Crippen molar-refractivity contribution >= 4 is 12.0 Å². The lowest BCUT2D eigenvalue weighted by Gasteiger charge is -2.32. The van der Waals surface area contributed by atoms with Crippen LogP contribution in [0.3, 0.4) is 0 Å². The normalized spacial score (nSPS) is 14.9. The lowest BCUT2D eigenvalue weighted by Crippen LogP contribution is -2.46. The first-order valence-corrected chi connectivity index (χ1v) is 8.82. The number of hydrogen-bond donors (Lipinski definition) is 1. The largest absolute Gasteiger partial charge is 0.493 e. The van der Waals surface area contributed by atoms with Crippen molar-refractivity contribution in [3.8, 4) is 5.75 Å². The summed E-state index contributed by atoms with van der Waals surface area (Å²) in [7, 11) is 1.36. The molecule has 0 bridgehead atoms. The molecule has 1 saturated heterocycles. The minimum atomic E-state index is -0.409. The highest BCUT2D eigenvalue weighted by Gasteiger charge is 2.23. The number of amides is 2. The average molecular weight is 348 g/mol. The van der Waals surface area contributed by atoms with Gasteiger partial charge in [-0.1, -0.05) is 18.2 Å². The summed E-state index contributed by atoms with van der Waals surface area (Å²) in [6.45, 7) is 5.94. The van der Waals surface area contributed by atoms with Gasteiger partial charge in [-0.2, -0.15) is 0 Å². The topological polar surface area (TPSA) is 67.9 Å². The number of carbonyl (C=O) groups is 2. The Hall–Kier alpha value is -2.24. The van der Waals surface area contributed by atoms with Gasteiger partial charge in [-0.15, -0.1) is 0 Å². The zero-order chi connectivity index (χ0) is 18.2. The van der Waals surface area contributed by atoms with Crippen LogP contribution in [0.1, 0.15) is 36.8 Å². The highest BCUT2D eigenvalue weighted by molar-refractivity contribution is 5.76. The molecule has 0 saturated carbocycles. The monoisotopic (exact) mass is 348 g/mol. The molecule has 2 rings (SSSR count). The summed E-state index contributed by atoms with van der Waals surface area (Å²) in [4.78, 5) is 25.4. The van der Waals surface area contributed by atoms with E-state index in [9.17, 15) is 9.59 Å². The van der Waals surface area contributed by atoms with Crippen molar-refractivity contribution in [1.82, 2.24) is 10.2 Å². The van der Waals surface area contributed by atoms with E-state index in [0.717, 1.165) is 29.7 Å². The molecule has 2 amide bonds. The first-order valence-electron chi connectivity index (χ1n) is 8.82. The van der Waals surface area contributed by atoms with E-state index < -0.39 is 6.09 Å². The van der Waals surface area contributed by atoms with Crippen molar-refractivity contribution in [3.63, 3.8) is 0 Å². The fourth-order valence-electron chi connectivity index (χ4n) is 3.08. The van der Waals surface area contributed by atoms with E-state index in [1.807, 2.05) is 36.9 Å². The van der Waals surface area contributed by atoms with E-state index in [2.05, 4.69) is 10.1 Å². The maximum absolute atomic E-state index is 12.3. The number of para-hydroxylation sites is 1. The highest BCUT2D eigenvalue weighted by atomic mass is 16.5. The van der Waals surface area contributed by atoms with Gasteiger partial charge in [0.1, 0.15) is 5.75 Å². The molecule has 1 aromatic carbocycles. The minimum absolute atomic E-state index is 0.0869. The smallest absolute Gasteiger partial charge is 0.407 e. The molecular weight excluding hydrogens is 320 g/mol. The number of alkyl carbamates (subject to hydrolysis) is 1. The summed E-state index contributed by atoms with van der Waals surface area (Å²) in [5.41, 5.74) is 2.23. The fraction of sp³-hybridized carbons (Fsp3) is 0.579. The molecule has 1 N–H and O–H groups in total. The van der Waals surface area contributed by atoms with Gasteiger partial charge < -0.3 is 19.7 Å². The van der Waals surface area contributed by atoms with Crippen LogP contribution < -0.4 is 10.1 Å². The number of hydrogen-bond acceptors (Lipinski definition) is 4. The van der Waals surface area contributed by atoms with Crippen LogP contribution in [0.25, 0.3) is 0 Å². The number of piperidine rings is 1. The number of likely N-dealkylation sites (tertiary alicyclic amines) is 1. The van der Waals surface area contributed by atoms with Crippen LogP contribution in [0.15, 0.2) is 18.2 Å². The number of aryl methyl sites for hydroxylation is 2. The van der Waals surface area contributed by atoms with Crippen molar-refractivity contribution in [2.75, 3.05) is 26.8 Å². The maximum Gasteiger partial charge on any atom is 0.407 e. The van der Waals surface area contributed by atoms with Crippen molar-refractivity contribution in [1.29, 1.82) is 0 Å². The van der Waals surface area contributed by atoms with E-state index >= 15 is 0 Å². The molecule has 0 atom stereocenters. The molecule has 25 heavy (non-hydrogen) atoms. The van der Waals surface area contributed by atoms with Crippen molar-refractivity contribution in [3.05, 3.63) is 29.3 Å². The Kier molecular flexibility index (Phi) is 7.10. The van der Waals surface area contributed by atoms with E-state index in [1.54, 1.807) is 0 Å². The predicted molar refractivity (Wildman–Crippen MR) is 95.8 cm³/mol. The number of benzene rings is 1. The Morgan fingerprint density at radius 1 is 1.20 bits per heavy atom. The Morgan fingerprint density at radius 2 is 1.84 bits per heavy atom. The highest BCUT2D eigenvalue weighted by Crippen LogP contribution is 2.22. The summed E-state index contributed by atoms with van der Waals surface area (Å²) in [5.74, 6) is 1.08. The van der Waals surface area contributed by atoms with Crippen LogP contribution in [0.5, 0.6) is 5.75 Å². The number of carbonyl (C=O) groups excluding carboxylic acids is 2. The molecule has 6 heteroatoms. The number of methoxy groups -OCH3 is 1. The SMILES string of the molecule is COC(=O)NC1CCN(C(=O)CCCOc2c(C)cccc2C)CC1. The molecule has 138 valence electrons. The first kappa shape index (κ1) is 19.1. The van der Waals surface area contributed by atoms with Crippen LogP contribution in [-0.4, -0.2) is 49.7 Å². The Bertz CT molecular complexity index is 575. The number of ether oxygens (including phenoxy) is 2. The van der Waals surface area contributed by atoms with Crippen LogP contribution in [0.2, 0.25) is 0 Å². The number of nitrogens with one attached hydrogen (secondary N) is 1. The van der Waals surface area contributed by atoms with E-state index in [0.29, 0.717) is 32.5 Å². The third-order valence-corrected chi connectivity index (χ3v) is 4.55. The molecular formula is C19H28N2O4. The van der Waals surface area contributed by atoms with Gasteiger partial charge in [0.2, 0.25) is 5.91 Å². The van der Waals surface area contributed by atoms with Gasteiger partial charge in [0.25, 0.3) is 0 Å². The van der Waals surface area contributed by atoms with Crippen LogP contribution in [0, 0.1) is 13.8 Å². The lowest BCUT2D eigenvalue weighted by atomic mass is 10.0. The minimum Gasteiger partial charge on any atom is -0.493 e. The van der Waals surface area contributed by atoms with E-state index in [1.165, 1.54) is 7.11 Å². The molecule has 0 radical (unpaired) electrons. The maximum atomic E-state index is 12.3. The van der Waals surface area contributed by atoms with Gasteiger partial charge in [-0.3, -0.25) is 4.79 Å². The summed E-state index contributed by atoms with van der Waals surface area (Å²) >= 11 is 0. The zero-order valence-electron chi connectivity index (χ0n) is 15.3. The molecule has 1 fully saturated rings. The second-order valence-electron chi connectivity index (χ2n) is 6.46. The second-order valence-corrected chi connectivity index (χ2v) is 6.46. The average Bonchev–Trinajstić information content (AvgIpc) is 2.61. The molecule has 1 aliphatic rings. The number of rotatable bonds is 6. The molecule has 0 aliphatic carbocycles. The van der Waals surface area contributed by atoms with Crippen LogP contribution >= 0.6 is 0 Å². The van der Waals surface area contributed by atoms with Gasteiger partial charge in [-0.05, 0) is 44.2 Å². The molecule has 1 heterocycles. The van der Waals surface area contributed by atoms with Crippen LogP contribution in [-0.2, 0) is 9.53 Å². The van der Waals surface area contributed by atoms with E-state index in [4.69, 9.17) is 4.74 Å². The Balaban J connectivity index is 1.67. The van der Waals surface area contributed by atoms with Crippen molar-refractivity contribution in [2.45, 2.75) is 45.6 Å². The quantitative estimate of drug-likeness (QED) is 0.803. The first-order chi connectivity index (χ1) is 12.0. The van der Waals surface area contributed by atoms with Crippen molar-refractivity contribution < 1.29 is 19.1 Å². The lowest BCUT2D eigenvalue weighted by molar-refractivity contribution is -0.132. The number of nitrogens with zero attached hydrogens (tertiary/aromatic N) is 1. The van der Waals surface area contributed by atoms with E-state index in [-0.39, 0.29) is 11.9 Å². The predicted octanol–water partition coefficient (Wildman–Crippen LogP) is 2.81. The van der Waals surface area contributed by atoms with Gasteiger partial charge in [0.15, 0.2) is 0 Å². The van der Waals surface area contributed by atoms with Gasteiger partial charge in [-0.25, -0.2) is 4.79 Å². The molecule has 1 aliphatic heterocycles. The summed E-state index contributed by atoms with van der Waals surface area (Å²) in [6, 6.07) is 6.16. The molecule has 6 nitrogen and oxygen atoms in total. The third-order valence-electron chi connectivity index (χ3n) is 4.55. The van der Waals surface area contributed by atoms with Gasteiger partial charge in [0, 0.05) is 25.6 Å². The molecule has 0 spiro atoms. The van der Waals surface area contributed by atoms with Crippen LogP contribution in [0.4, 0.5) is 4.79 Å². The molecule has 1 aromatic rings. The molecule has 0 unspecified atom stereocenters.